The van der Waals surface area contributed by atoms with Crippen molar-refractivity contribution in [3.8, 4) is 0 Å². The number of benzene rings is 1. The number of Topliss-reactive ketones (excluding diaryl/α,β-unsaturated/α-hetero) is 1. The van der Waals surface area contributed by atoms with Crippen LogP contribution in [0.25, 0.3) is 0 Å². The van der Waals surface area contributed by atoms with E-state index < -0.39 is 6.09 Å². The monoisotopic (exact) mass is 292 g/mol. The largest absolute Gasteiger partial charge is 0.430 e. The number of hydrogen-bond acceptors (Lipinski definition) is 5. The fourth-order valence-corrected chi connectivity index (χ4v) is 2.11. The summed E-state index contributed by atoms with van der Waals surface area (Å²) in [4.78, 5) is 25.0. The zero-order valence-electron chi connectivity index (χ0n) is 12.3. The van der Waals surface area contributed by atoms with Crippen LogP contribution in [0.4, 0.5) is 10.5 Å². The molecule has 21 heavy (non-hydrogen) atoms. The van der Waals surface area contributed by atoms with E-state index in [1.54, 1.807) is 24.3 Å². The van der Waals surface area contributed by atoms with Crippen molar-refractivity contribution in [2.45, 2.75) is 20.1 Å². The minimum Gasteiger partial charge on any atom is -0.430 e. The highest BCUT2D eigenvalue weighted by Crippen LogP contribution is 2.12. The van der Waals surface area contributed by atoms with E-state index in [9.17, 15) is 9.59 Å². The van der Waals surface area contributed by atoms with Gasteiger partial charge in [0, 0.05) is 24.3 Å². The summed E-state index contributed by atoms with van der Waals surface area (Å²) in [6.07, 6.45) is -0.810. The van der Waals surface area contributed by atoms with Gasteiger partial charge in [-0.25, -0.2) is 4.79 Å². The molecular weight excluding hydrogens is 272 g/mol. The standard InChI is InChI=1S/C15H20N2O4/c1-11(18)13-3-5-14(6-4-13)16-15(19)21-12(2)17-7-9-20-10-8-17/h3-6,12H,7-10H2,1-2H3,(H,16,19). The number of hydrogen-bond donors (Lipinski definition) is 1. The first-order valence-electron chi connectivity index (χ1n) is 6.96. The Bertz CT molecular complexity index is 495. The molecule has 0 aromatic heterocycles. The van der Waals surface area contributed by atoms with Crippen LogP contribution in [0.2, 0.25) is 0 Å². The van der Waals surface area contributed by atoms with Gasteiger partial charge in [0.2, 0.25) is 0 Å². The smallest absolute Gasteiger partial charge is 0.413 e. The van der Waals surface area contributed by atoms with Crippen molar-refractivity contribution in [1.82, 2.24) is 4.90 Å². The molecule has 1 aromatic carbocycles. The van der Waals surface area contributed by atoms with Crippen LogP contribution < -0.4 is 5.32 Å². The first-order chi connectivity index (χ1) is 10.1. The lowest BCUT2D eigenvalue weighted by Crippen LogP contribution is -2.44. The molecule has 1 aliphatic rings. The molecule has 2 rings (SSSR count). The van der Waals surface area contributed by atoms with E-state index in [1.165, 1.54) is 6.92 Å². The van der Waals surface area contributed by atoms with Crippen LogP contribution in [-0.2, 0) is 9.47 Å². The number of nitrogens with one attached hydrogen (secondary N) is 1. The van der Waals surface area contributed by atoms with Crippen LogP contribution in [0, 0.1) is 0 Å². The molecule has 1 unspecified atom stereocenters. The minimum atomic E-state index is -0.510. The average molecular weight is 292 g/mol. The summed E-state index contributed by atoms with van der Waals surface area (Å²) in [7, 11) is 0. The van der Waals surface area contributed by atoms with Crippen LogP contribution in [0.1, 0.15) is 24.2 Å². The van der Waals surface area contributed by atoms with E-state index in [4.69, 9.17) is 9.47 Å². The van der Waals surface area contributed by atoms with Crippen LogP contribution in [0.5, 0.6) is 0 Å². The van der Waals surface area contributed by atoms with Crippen molar-refractivity contribution in [1.29, 1.82) is 0 Å². The lowest BCUT2D eigenvalue weighted by Gasteiger charge is -2.31. The second-order valence-electron chi connectivity index (χ2n) is 4.91. The Morgan fingerprint density at radius 2 is 1.86 bits per heavy atom. The molecule has 6 nitrogen and oxygen atoms in total. The molecule has 1 N–H and O–H groups in total. The SMILES string of the molecule is CC(=O)c1ccc(NC(=O)OC(C)N2CCOCC2)cc1. The molecule has 1 aliphatic heterocycles. The number of rotatable bonds is 4. The van der Waals surface area contributed by atoms with Gasteiger partial charge in [0.15, 0.2) is 12.0 Å². The zero-order chi connectivity index (χ0) is 15.2. The third kappa shape index (κ3) is 4.54. The Balaban J connectivity index is 1.84. The number of nitrogens with zero attached hydrogens (tertiary/aromatic N) is 1. The van der Waals surface area contributed by atoms with Gasteiger partial charge in [-0.2, -0.15) is 0 Å². The van der Waals surface area contributed by atoms with Crippen molar-refractivity contribution in [3.05, 3.63) is 29.8 Å². The van der Waals surface area contributed by atoms with Crippen molar-refractivity contribution < 1.29 is 19.1 Å². The fraction of sp³-hybridized carbons (Fsp3) is 0.467. The van der Waals surface area contributed by atoms with E-state index in [0.717, 1.165) is 13.1 Å². The molecule has 0 bridgehead atoms. The average Bonchev–Trinajstić information content (AvgIpc) is 2.48. The summed E-state index contributed by atoms with van der Waals surface area (Å²) in [6.45, 7) is 6.15. The number of ether oxygens (including phenoxy) is 2. The number of morpholine rings is 1. The van der Waals surface area contributed by atoms with Crippen molar-refractivity contribution in [2.75, 3.05) is 31.6 Å². The predicted molar refractivity (Wildman–Crippen MR) is 78.4 cm³/mol. The van der Waals surface area contributed by atoms with E-state index in [2.05, 4.69) is 5.32 Å². The summed E-state index contributed by atoms with van der Waals surface area (Å²) >= 11 is 0. The first kappa shape index (κ1) is 15.5. The minimum absolute atomic E-state index is 0.00920. The van der Waals surface area contributed by atoms with Gasteiger partial charge in [-0.3, -0.25) is 15.0 Å². The lowest BCUT2D eigenvalue weighted by atomic mass is 10.1. The maximum Gasteiger partial charge on any atom is 0.413 e. The Labute approximate surface area is 124 Å². The summed E-state index contributed by atoms with van der Waals surface area (Å²) in [5.74, 6) is -0.00920. The molecule has 0 saturated carbocycles. The molecule has 1 atom stereocenters. The van der Waals surface area contributed by atoms with Crippen molar-refractivity contribution in [3.63, 3.8) is 0 Å². The molecule has 114 valence electrons. The molecular formula is C15H20N2O4. The molecule has 1 heterocycles. The number of ketones is 1. The summed E-state index contributed by atoms with van der Waals surface area (Å²) in [6, 6.07) is 6.70. The van der Waals surface area contributed by atoms with Crippen LogP contribution >= 0.6 is 0 Å². The van der Waals surface area contributed by atoms with Gasteiger partial charge in [0.1, 0.15) is 0 Å². The third-order valence-corrected chi connectivity index (χ3v) is 3.38. The topological polar surface area (TPSA) is 67.9 Å². The van der Waals surface area contributed by atoms with Gasteiger partial charge in [0.25, 0.3) is 0 Å². The summed E-state index contributed by atoms with van der Waals surface area (Å²) < 4.78 is 10.6. The second-order valence-corrected chi connectivity index (χ2v) is 4.91. The Hall–Kier alpha value is -1.92. The third-order valence-electron chi connectivity index (χ3n) is 3.38. The molecule has 1 fully saturated rings. The molecule has 0 radical (unpaired) electrons. The molecule has 1 amide bonds. The molecule has 6 heteroatoms. The molecule has 0 spiro atoms. The van der Waals surface area contributed by atoms with E-state index in [-0.39, 0.29) is 12.0 Å². The van der Waals surface area contributed by atoms with Crippen molar-refractivity contribution in [2.24, 2.45) is 0 Å². The van der Waals surface area contributed by atoms with Gasteiger partial charge in [-0.15, -0.1) is 0 Å². The molecule has 0 aliphatic carbocycles. The van der Waals surface area contributed by atoms with Crippen LogP contribution in [0.3, 0.4) is 0 Å². The van der Waals surface area contributed by atoms with Gasteiger partial charge in [-0.05, 0) is 38.1 Å². The van der Waals surface area contributed by atoms with E-state index >= 15 is 0 Å². The quantitative estimate of drug-likeness (QED) is 0.861. The van der Waals surface area contributed by atoms with Gasteiger partial charge in [-0.1, -0.05) is 0 Å². The Kier molecular flexibility index (Phi) is 5.30. The molecule has 1 aromatic rings. The summed E-state index contributed by atoms with van der Waals surface area (Å²) in [5.41, 5.74) is 1.20. The Morgan fingerprint density at radius 1 is 1.24 bits per heavy atom. The van der Waals surface area contributed by atoms with Gasteiger partial charge in [0.05, 0.1) is 13.2 Å². The second kappa shape index (κ2) is 7.19. The first-order valence-corrected chi connectivity index (χ1v) is 6.96. The highest BCUT2D eigenvalue weighted by molar-refractivity contribution is 5.94. The van der Waals surface area contributed by atoms with Crippen LogP contribution in [0.15, 0.2) is 24.3 Å². The predicted octanol–water partition coefficient (Wildman–Crippen LogP) is 2.12. The highest BCUT2D eigenvalue weighted by atomic mass is 16.6. The van der Waals surface area contributed by atoms with E-state index in [1.807, 2.05) is 11.8 Å². The van der Waals surface area contributed by atoms with Crippen LogP contribution in [-0.4, -0.2) is 49.3 Å². The maximum absolute atomic E-state index is 11.8. The highest BCUT2D eigenvalue weighted by Gasteiger charge is 2.20. The summed E-state index contributed by atoms with van der Waals surface area (Å²) in [5, 5.41) is 2.65. The maximum atomic E-state index is 11.8. The molecule has 1 saturated heterocycles. The van der Waals surface area contributed by atoms with Crippen molar-refractivity contribution >= 4 is 17.6 Å². The lowest BCUT2D eigenvalue weighted by molar-refractivity contribution is -0.0525. The number of carbonyl (C=O) groups is 2. The Morgan fingerprint density at radius 3 is 2.43 bits per heavy atom. The normalized spacial score (nSPS) is 17.0. The number of carbonyl (C=O) groups excluding carboxylic acids is 2. The van der Waals surface area contributed by atoms with Gasteiger partial charge >= 0.3 is 6.09 Å². The van der Waals surface area contributed by atoms with Gasteiger partial charge < -0.3 is 9.47 Å². The fourth-order valence-electron chi connectivity index (χ4n) is 2.11. The number of anilines is 1. The zero-order valence-corrected chi connectivity index (χ0v) is 12.3. The number of amides is 1. The van der Waals surface area contributed by atoms with E-state index in [0.29, 0.717) is 24.5 Å².